The van der Waals surface area contributed by atoms with Crippen molar-refractivity contribution in [3.63, 3.8) is 0 Å². The normalized spacial score (nSPS) is 10.3. The Morgan fingerprint density at radius 1 is 0.667 bits per heavy atom. The monoisotopic (exact) mass is 338 g/mol. The fourth-order valence-corrected chi connectivity index (χ4v) is 2.40. The van der Waals surface area contributed by atoms with E-state index < -0.39 is 11.6 Å². The molecule has 2 rings (SSSR count). The highest BCUT2D eigenvalue weighted by molar-refractivity contribution is 5.33. The Kier molecular flexibility index (Phi) is 8.81. The third kappa shape index (κ3) is 6.03. The molecule has 0 atom stereocenters. The third-order valence-electron chi connectivity index (χ3n) is 3.75. The number of benzene rings is 2. The molecule has 0 radical (unpaired) electrons. The minimum atomic E-state index is -0.521. The smallest absolute Gasteiger partial charge is 0.129 e. The van der Waals surface area contributed by atoms with Crippen LogP contribution in [0.5, 0.6) is 0 Å². The van der Waals surface area contributed by atoms with Gasteiger partial charge < -0.3 is 0 Å². The standard InChI is InChI=1S/C11H15F.C9H10F2.CH4/c1-7(2)10-5-9(4)11(12)6-8(10)3;1-6(2)8-4-3-7(10)5-9(8)11;/h5-7H,1-4H3;3-6H,1-2H3;1H4. The van der Waals surface area contributed by atoms with E-state index in [0.29, 0.717) is 11.5 Å². The second-order valence-corrected chi connectivity index (χ2v) is 6.43. The molecule has 0 saturated heterocycles. The van der Waals surface area contributed by atoms with E-state index in [4.69, 9.17) is 0 Å². The van der Waals surface area contributed by atoms with Gasteiger partial charge in [0.05, 0.1) is 0 Å². The van der Waals surface area contributed by atoms with E-state index in [9.17, 15) is 13.2 Å². The number of hydrogen-bond donors (Lipinski definition) is 0. The summed E-state index contributed by atoms with van der Waals surface area (Å²) in [6, 6.07) is 7.23. The lowest BCUT2D eigenvalue weighted by Gasteiger charge is -2.10. The zero-order valence-corrected chi connectivity index (χ0v) is 14.7. The van der Waals surface area contributed by atoms with Crippen LogP contribution >= 0.6 is 0 Å². The van der Waals surface area contributed by atoms with Crippen LogP contribution in [0.25, 0.3) is 0 Å². The van der Waals surface area contributed by atoms with Crippen LogP contribution in [-0.4, -0.2) is 0 Å². The average Bonchev–Trinajstić information content (AvgIpc) is 2.42. The molecule has 2 aromatic rings. The second kappa shape index (κ2) is 9.51. The van der Waals surface area contributed by atoms with E-state index in [2.05, 4.69) is 13.8 Å². The topological polar surface area (TPSA) is 0 Å². The third-order valence-corrected chi connectivity index (χ3v) is 3.75. The van der Waals surface area contributed by atoms with Gasteiger partial charge in [0.15, 0.2) is 0 Å². The molecule has 0 aliphatic carbocycles. The zero-order valence-electron chi connectivity index (χ0n) is 14.7. The van der Waals surface area contributed by atoms with Crippen LogP contribution in [0.15, 0.2) is 30.3 Å². The minimum absolute atomic E-state index is 0. The van der Waals surface area contributed by atoms with Gasteiger partial charge >= 0.3 is 0 Å². The molecule has 0 amide bonds. The molecule has 0 N–H and O–H groups in total. The maximum atomic E-state index is 13.0. The summed E-state index contributed by atoms with van der Waals surface area (Å²) in [6.45, 7) is 11.8. The predicted octanol–water partition coefficient (Wildman–Crippen LogP) is 7.29. The van der Waals surface area contributed by atoms with E-state index in [1.807, 2.05) is 26.8 Å². The molecule has 0 fully saturated rings. The Labute approximate surface area is 144 Å². The van der Waals surface area contributed by atoms with E-state index in [-0.39, 0.29) is 19.2 Å². The summed E-state index contributed by atoms with van der Waals surface area (Å²) < 4.78 is 38.3. The highest BCUT2D eigenvalue weighted by Crippen LogP contribution is 2.22. The molecule has 0 saturated carbocycles. The lowest BCUT2D eigenvalue weighted by atomic mass is 9.96. The lowest BCUT2D eigenvalue weighted by molar-refractivity contribution is 0.565. The second-order valence-electron chi connectivity index (χ2n) is 6.43. The molecule has 0 heterocycles. The highest BCUT2D eigenvalue weighted by Gasteiger charge is 2.07. The quantitative estimate of drug-likeness (QED) is 0.539. The fraction of sp³-hybridized carbons (Fsp3) is 0.429. The molecule has 0 aromatic heterocycles. The SMILES string of the molecule is C.CC(C)c1ccc(F)cc1F.Cc1cc(C(C)C)c(C)cc1F. The van der Waals surface area contributed by atoms with Crippen LogP contribution in [0, 0.1) is 31.3 Å². The minimum Gasteiger partial charge on any atom is -0.207 e. The molecular formula is C21H29F3. The van der Waals surface area contributed by atoms with Crippen LogP contribution in [0.2, 0.25) is 0 Å². The molecule has 0 aliphatic heterocycles. The number of rotatable bonds is 2. The van der Waals surface area contributed by atoms with Crippen molar-refractivity contribution in [2.75, 3.05) is 0 Å². The average molecular weight is 338 g/mol. The van der Waals surface area contributed by atoms with Gasteiger partial charge in [-0.3, -0.25) is 0 Å². The van der Waals surface area contributed by atoms with Crippen LogP contribution in [-0.2, 0) is 0 Å². The van der Waals surface area contributed by atoms with Gasteiger partial charge in [0, 0.05) is 6.07 Å². The van der Waals surface area contributed by atoms with E-state index in [1.165, 1.54) is 17.7 Å². The van der Waals surface area contributed by atoms with Crippen LogP contribution in [0.4, 0.5) is 13.2 Å². The van der Waals surface area contributed by atoms with E-state index in [0.717, 1.165) is 17.2 Å². The van der Waals surface area contributed by atoms with Gasteiger partial charge in [0.25, 0.3) is 0 Å². The summed E-state index contributed by atoms with van der Waals surface area (Å²) in [5, 5.41) is 0. The van der Waals surface area contributed by atoms with Crippen molar-refractivity contribution < 1.29 is 13.2 Å². The van der Waals surface area contributed by atoms with E-state index >= 15 is 0 Å². The van der Waals surface area contributed by atoms with Crippen molar-refractivity contribution in [3.8, 4) is 0 Å². The van der Waals surface area contributed by atoms with Crippen LogP contribution in [0.3, 0.4) is 0 Å². The predicted molar refractivity (Wildman–Crippen MR) is 97.1 cm³/mol. The zero-order chi connectivity index (χ0) is 17.7. The van der Waals surface area contributed by atoms with Gasteiger partial charge in [-0.2, -0.15) is 0 Å². The maximum Gasteiger partial charge on any atom is 0.129 e. The molecule has 2 aromatic carbocycles. The van der Waals surface area contributed by atoms with Gasteiger partial charge in [-0.05, 0) is 60.1 Å². The maximum absolute atomic E-state index is 13.0. The Bertz CT molecular complexity index is 658. The summed E-state index contributed by atoms with van der Waals surface area (Å²) in [5.41, 5.74) is 3.60. The summed E-state index contributed by atoms with van der Waals surface area (Å²) in [7, 11) is 0. The first kappa shape index (κ1) is 22.2. The molecule has 0 aliphatic rings. The van der Waals surface area contributed by atoms with Gasteiger partial charge in [-0.25, -0.2) is 13.2 Å². The lowest BCUT2D eigenvalue weighted by Crippen LogP contribution is -1.95. The highest BCUT2D eigenvalue weighted by atomic mass is 19.1. The van der Waals surface area contributed by atoms with Crippen molar-refractivity contribution in [1.29, 1.82) is 0 Å². The number of hydrogen-bond acceptors (Lipinski definition) is 0. The molecule has 0 spiro atoms. The Morgan fingerprint density at radius 3 is 1.67 bits per heavy atom. The largest absolute Gasteiger partial charge is 0.207 e. The molecule has 134 valence electrons. The van der Waals surface area contributed by atoms with Gasteiger partial charge in [-0.15, -0.1) is 0 Å². The molecule has 0 nitrogen and oxygen atoms in total. The first-order valence-electron chi connectivity index (χ1n) is 7.85. The molecule has 0 bridgehead atoms. The number of halogens is 3. The first-order valence-corrected chi connectivity index (χ1v) is 7.85. The first-order chi connectivity index (χ1) is 10.6. The molecule has 24 heavy (non-hydrogen) atoms. The summed E-state index contributed by atoms with van der Waals surface area (Å²) in [5.74, 6) is -0.497. The van der Waals surface area contributed by atoms with Crippen molar-refractivity contribution >= 4 is 0 Å². The fourth-order valence-electron chi connectivity index (χ4n) is 2.40. The van der Waals surface area contributed by atoms with Gasteiger partial charge in [0.1, 0.15) is 17.5 Å². The van der Waals surface area contributed by atoms with Crippen molar-refractivity contribution in [2.24, 2.45) is 0 Å². The Hall–Kier alpha value is -1.77. The van der Waals surface area contributed by atoms with Gasteiger partial charge in [0.2, 0.25) is 0 Å². The van der Waals surface area contributed by atoms with Crippen molar-refractivity contribution in [3.05, 3.63) is 70.0 Å². The van der Waals surface area contributed by atoms with Crippen molar-refractivity contribution in [1.82, 2.24) is 0 Å². The molecule has 3 heteroatoms. The summed E-state index contributed by atoms with van der Waals surface area (Å²) in [6.07, 6.45) is 0. The summed E-state index contributed by atoms with van der Waals surface area (Å²) in [4.78, 5) is 0. The molecular weight excluding hydrogens is 309 g/mol. The number of aryl methyl sites for hydroxylation is 2. The Morgan fingerprint density at radius 2 is 1.21 bits per heavy atom. The Balaban J connectivity index is 0.000000425. The molecule has 0 unspecified atom stereocenters. The van der Waals surface area contributed by atoms with Gasteiger partial charge in [-0.1, -0.05) is 47.3 Å². The van der Waals surface area contributed by atoms with E-state index in [1.54, 1.807) is 13.0 Å². The summed E-state index contributed by atoms with van der Waals surface area (Å²) >= 11 is 0. The van der Waals surface area contributed by atoms with Crippen LogP contribution in [0.1, 0.15) is 69.2 Å². The van der Waals surface area contributed by atoms with Crippen LogP contribution < -0.4 is 0 Å². The van der Waals surface area contributed by atoms with Crippen molar-refractivity contribution in [2.45, 2.75) is 60.8 Å².